The normalized spacial score (nSPS) is 9.83. The number of anilines is 1. The molecular formula is C14H11FN2O. The fraction of sp³-hybridized carbons (Fsp3) is 0.0714. The number of nitrogen functional groups attached to an aromatic ring is 1. The fourth-order valence-electron chi connectivity index (χ4n) is 1.51. The molecule has 0 aromatic heterocycles. The van der Waals surface area contributed by atoms with E-state index in [1.165, 1.54) is 12.1 Å². The molecule has 0 amide bonds. The minimum atomic E-state index is -0.431. The molecule has 2 aromatic carbocycles. The highest BCUT2D eigenvalue weighted by Gasteiger charge is 2.09. The summed E-state index contributed by atoms with van der Waals surface area (Å²) < 4.78 is 19.2. The molecule has 0 heterocycles. The van der Waals surface area contributed by atoms with Crippen molar-refractivity contribution in [2.45, 2.75) is 6.92 Å². The Morgan fingerprint density at radius 3 is 2.72 bits per heavy atom. The summed E-state index contributed by atoms with van der Waals surface area (Å²) in [4.78, 5) is 0. The van der Waals surface area contributed by atoms with Gasteiger partial charge in [-0.2, -0.15) is 5.26 Å². The van der Waals surface area contributed by atoms with Gasteiger partial charge in [0.2, 0.25) is 0 Å². The van der Waals surface area contributed by atoms with Gasteiger partial charge in [0.1, 0.15) is 0 Å². The van der Waals surface area contributed by atoms with Crippen LogP contribution < -0.4 is 10.5 Å². The number of rotatable bonds is 2. The number of nitriles is 1. The van der Waals surface area contributed by atoms with Gasteiger partial charge >= 0.3 is 0 Å². The first-order chi connectivity index (χ1) is 8.61. The van der Waals surface area contributed by atoms with E-state index in [2.05, 4.69) is 0 Å². The van der Waals surface area contributed by atoms with Crippen molar-refractivity contribution >= 4 is 5.69 Å². The van der Waals surface area contributed by atoms with Gasteiger partial charge < -0.3 is 10.5 Å². The van der Waals surface area contributed by atoms with Crippen molar-refractivity contribution in [1.29, 1.82) is 5.26 Å². The van der Waals surface area contributed by atoms with E-state index >= 15 is 0 Å². The molecule has 0 aliphatic carbocycles. The van der Waals surface area contributed by atoms with Gasteiger partial charge in [0.25, 0.3) is 0 Å². The van der Waals surface area contributed by atoms with Crippen LogP contribution in [0.1, 0.15) is 11.1 Å². The number of ether oxygens (including phenoxy) is 1. The number of hydrogen-bond donors (Lipinski definition) is 1. The Hall–Kier alpha value is -2.54. The molecule has 0 bridgehead atoms. The summed E-state index contributed by atoms with van der Waals surface area (Å²) in [7, 11) is 0. The van der Waals surface area contributed by atoms with Crippen LogP contribution in [0, 0.1) is 24.1 Å². The first kappa shape index (κ1) is 11.9. The molecule has 4 heteroatoms. The molecular weight excluding hydrogens is 231 g/mol. The smallest absolute Gasteiger partial charge is 0.168 e. The zero-order valence-corrected chi connectivity index (χ0v) is 9.77. The van der Waals surface area contributed by atoms with Crippen LogP contribution >= 0.6 is 0 Å². The minimum Gasteiger partial charge on any atom is -0.452 e. The van der Waals surface area contributed by atoms with Gasteiger partial charge in [-0.25, -0.2) is 4.39 Å². The second kappa shape index (κ2) is 4.76. The highest BCUT2D eigenvalue weighted by atomic mass is 19.1. The molecule has 0 spiro atoms. The van der Waals surface area contributed by atoms with E-state index < -0.39 is 5.82 Å². The van der Waals surface area contributed by atoms with Crippen LogP contribution in [0.3, 0.4) is 0 Å². The maximum Gasteiger partial charge on any atom is 0.168 e. The van der Waals surface area contributed by atoms with Gasteiger partial charge in [-0.1, -0.05) is 12.1 Å². The SMILES string of the molecule is Cc1cccc(Oc2cc(C#N)ccc2N)c1F. The van der Waals surface area contributed by atoms with Gasteiger partial charge in [0, 0.05) is 6.07 Å². The largest absolute Gasteiger partial charge is 0.452 e. The summed E-state index contributed by atoms with van der Waals surface area (Å²) in [6.45, 7) is 1.65. The molecule has 2 N–H and O–H groups in total. The molecule has 0 saturated heterocycles. The van der Waals surface area contributed by atoms with Gasteiger partial charge in [-0.3, -0.25) is 0 Å². The van der Waals surface area contributed by atoms with Crippen molar-refractivity contribution in [3.63, 3.8) is 0 Å². The third kappa shape index (κ3) is 2.25. The molecule has 2 rings (SSSR count). The fourth-order valence-corrected chi connectivity index (χ4v) is 1.51. The quantitative estimate of drug-likeness (QED) is 0.821. The molecule has 0 atom stereocenters. The summed E-state index contributed by atoms with van der Waals surface area (Å²) in [5, 5.41) is 8.80. The third-order valence-corrected chi connectivity index (χ3v) is 2.52. The minimum absolute atomic E-state index is 0.0942. The number of halogens is 1. The van der Waals surface area contributed by atoms with E-state index in [0.717, 1.165) is 0 Å². The molecule has 0 unspecified atom stereocenters. The lowest BCUT2D eigenvalue weighted by Gasteiger charge is -2.10. The number of benzene rings is 2. The number of aryl methyl sites for hydroxylation is 1. The third-order valence-electron chi connectivity index (χ3n) is 2.52. The second-order valence-corrected chi connectivity index (χ2v) is 3.85. The van der Waals surface area contributed by atoms with Crippen molar-refractivity contribution in [2.24, 2.45) is 0 Å². The average Bonchev–Trinajstić information content (AvgIpc) is 2.37. The van der Waals surface area contributed by atoms with E-state index in [1.54, 1.807) is 31.2 Å². The lowest BCUT2D eigenvalue weighted by molar-refractivity contribution is 0.442. The Morgan fingerprint density at radius 2 is 2.00 bits per heavy atom. The van der Waals surface area contributed by atoms with Crippen LogP contribution in [0.25, 0.3) is 0 Å². The first-order valence-corrected chi connectivity index (χ1v) is 5.34. The van der Waals surface area contributed by atoms with Gasteiger partial charge in [-0.15, -0.1) is 0 Å². The van der Waals surface area contributed by atoms with Crippen LogP contribution in [0.5, 0.6) is 11.5 Å². The summed E-state index contributed by atoms with van der Waals surface area (Å²) in [6.07, 6.45) is 0. The van der Waals surface area contributed by atoms with Crippen molar-refractivity contribution in [2.75, 3.05) is 5.73 Å². The van der Waals surface area contributed by atoms with E-state index in [1.807, 2.05) is 6.07 Å². The number of hydrogen-bond acceptors (Lipinski definition) is 3. The highest BCUT2D eigenvalue weighted by molar-refractivity contribution is 5.57. The predicted molar refractivity (Wildman–Crippen MR) is 66.8 cm³/mol. The van der Waals surface area contributed by atoms with Crippen LogP contribution in [0.4, 0.5) is 10.1 Å². The summed E-state index contributed by atoms with van der Waals surface area (Å²) >= 11 is 0. The molecule has 3 nitrogen and oxygen atoms in total. The molecule has 90 valence electrons. The van der Waals surface area contributed by atoms with Gasteiger partial charge in [0.15, 0.2) is 17.3 Å². The first-order valence-electron chi connectivity index (χ1n) is 5.34. The Morgan fingerprint density at radius 1 is 1.22 bits per heavy atom. The Labute approximate surface area is 104 Å². The molecule has 0 radical (unpaired) electrons. The van der Waals surface area contributed by atoms with Crippen LogP contribution in [0.2, 0.25) is 0 Å². The topological polar surface area (TPSA) is 59.0 Å². The number of nitrogens with two attached hydrogens (primary N) is 1. The lowest BCUT2D eigenvalue weighted by atomic mass is 10.2. The average molecular weight is 242 g/mol. The Bertz CT molecular complexity index is 632. The summed E-state index contributed by atoms with van der Waals surface area (Å²) in [5.41, 5.74) is 6.98. The van der Waals surface area contributed by atoms with Crippen molar-refractivity contribution in [1.82, 2.24) is 0 Å². The molecule has 0 aliphatic heterocycles. The maximum absolute atomic E-state index is 13.8. The summed E-state index contributed by atoms with van der Waals surface area (Å²) in [5.74, 6) is -0.0606. The maximum atomic E-state index is 13.8. The molecule has 0 saturated carbocycles. The zero-order chi connectivity index (χ0) is 13.1. The zero-order valence-electron chi connectivity index (χ0n) is 9.77. The highest BCUT2D eigenvalue weighted by Crippen LogP contribution is 2.30. The Kier molecular flexibility index (Phi) is 3.16. The van der Waals surface area contributed by atoms with Gasteiger partial charge in [0.05, 0.1) is 17.3 Å². The van der Waals surface area contributed by atoms with E-state index in [0.29, 0.717) is 16.8 Å². The second-order valence-electron chi connectivity index (χ2n) is 3.85. The standard InChI is InChI=1S/C14H11FN2O/c1-9-3-2-4-12(14(9)15)18-13-7-10(8-16)5-6-11(13)17/h2-7H,17H2,1H3. The van der Waals surface area contributed by atoms with Crippen molar-refractivity contribution in [3.8, 4) is 17.6 Å². The van der Waals surface area contributed by atoms with Crippen LogP contribution in [0.15, 0.2) is 36.4 Å². The van der Waals surface area contributed by atoms with Crippen molar-refractivity contribution in [3.05, 3.63) is 53.3 Å². The monoisotopic (exact) mass is 242 g/mol. The van der Waals surface area contributed by atoms with Gasteiger partial charge in [-0.05, 0) is 30.7 Å². The van der Waals surface area contributed by atoms with Crippen LogP contribution in [-0.4, -0.2) is 0 Å². The predicted octanol–water partition coefficient (Wildman–Crippen LogP) is 3.38. The molecule has 0 aliphatic rings. The molecule has 18 heavy (non-hydrogen) atoms. The van der Waals surface area contributed by atoms with E-state index in [9.17, 15) is 4.39 Å². The van der Waals surface area contributed by atoms with Crippen molar-refractivity contribution < 1.29 is 9.13 Å². The van der Waals surface area contributed by atoms with E-state index in [-0.39, 0.29) is 11.5 Å². The summed E-state index contributed by atoms with van der Waals surface area (Å²) in [6, 6.07) is 11.5. The van der Waals surface area contributed by atoms with Crippen LogP contribution in [-0.2, 0) is 0 Å². The van der Waals surface area contributed by atoms with E-state index in [4.69, 9.17) is 15.7 Å². The molecule has 2 aromatic rings. The number of nitrogens with zero attached hydrogens (tertiary/aromatic N) is 1. The lowest BCUT2D eigenvalue weighted by Crippen LogP contribution is -1.95. The molecule has 0 fully saturated rings. The Balaban J connectivity index is 2.40.